The molecule has 1 saturated carbocycles. The van der Waals surface area contributed by atoms with E-state index in [0.717, 1.165) is 54.5 Å². The third kappa shape index (κ3) is 6.62. The minimum atomic E-state index is -4.02. The zero-order chi connectivity index (χ0) is 29.4. The molecule has 2 fully saturated rings. The van der Waals surface area contributed by atoms with E-state index < -0.39 is 10.1 Å². The number of aromatic nitrogens is 3. The van der Waals surface area contributed by atoms with E-state index in [1.807, 2.05) is 6.92 Å². The van der Waals surface area contributed by atoms with E-state index in [0.29, 0.717) is 15.9 Å². The Morgan fingerprint density at radius 2 is 1.76 bits per heavy atom. The number of benzene rings is 1. The van der Waals surface area contributed by atoms with Gasteiger partial charge in [-0.1, -0.05) is 52.7 Å². The first-order valence-electron chi connectivity index (χ1n) is 13.4. The molecule has 2 aromatic heterocycles. The molecular weight excluding hydrogens is 582 g/mol. The Morgan fingerprint density at radius 1 is 1.07 bits per heavy atom. The Hall–Kier alpha value is -2.90. The minimum Gasteiger partial charge on any atom is -0.382 e. The molecular formula is C28H34ClN7O3S2. The predicted molar refractivity (Wildman–Crippen MR) is 162 cm³/mol. The van der Waals surface area contributed by atoms with Crippen molar-refractivity contribution >= 4 is 50.9 Å². The molecule has 3 aromatic rings. The molecule has 0 radical (unpaired) electrons. The number of nitrogens with two attached hydrogens (primary N) is 3. The Morgan fingerprint density at radius 3 is 2.37 bits per heavy atom. The van der Waals surface area contributed by atoms with Crippen molar-refractivity contribution in [3.8, 4) is 0 Å². The van der Waals surface area contributed by atoms with Crippen molar-refractivity contribution in [1.82, 2.24) is 15.0 Å². The summed E-state index contributed by atoms with van der Waals surface area (Å²) in [5.41, 5.74) is 21.4. The van der Waals surface area contributed by atoms with E-state index in [2.05, 4.69) is 25.9 Å². The highest BCUT2D eigenvalue weighted by Gasteiger charge is 2.47. The van der Waals surface area contributed by atoms with Crippen LogP contribution in [-0.2, 0) is 10.1 Å². The monoisotopic (exact) mass is 615 g/mol. The Kier molecular flexibility index (Phi) is 8.49. The van der Waals surface area contributed by atoms with Crippen LogP contribution < -0.4 is 22.1 Å². The number of hydrogen-bond donors (Lipinski definition) is 4. The molecule has 2 aliphatic carbocycles. The molecule has 13 heteroatoms. The van der Waals surface area contributed by atoms with Gasteiger partial charge in [0.25, 0.3) is 10.1 Å². The van der Waals surface area contributed by atoms with Crippen molar-refractivity contribution in [1.29, 1.82) is 0 Å². The molecule has 3 aliphatic rings. The van der Waals surface area contributed by atoms with Gasteiger partial charge >= 0.3 is 0 Å². The SMILES string of the molecule is Cc1ccc(S(=O)(=O)O)cc1.Nc1nc(N2CCC3(CC=C(C4CC4)C3N)CC2)cnc1Sc1ccnc(N)c1Cl. The number of rotatable bonds is 5. The van der Waals surface area contributed by atoms with Crippen LogP contribution in [0.1, 0.15) is 37.7 Å². The fourth-order valence-electron chi connectivity index (χ4n) is 5.41. The lowest BCUT2D eigenvalue weighted by molar-refractivity contribution is 0.203. The van der Waals surface area contributed by atoms with E-state index in [1.165, 1.54) is 42.3 Å². The van der Waals surface area contributed by atoms with Gasteiger partial charge in [-0.3, -0.25) is 4.55 Å². The molecule has 1 aromatic carbocycles. The molecule has 6 rings (SSSR count). The molecule has 1 saturated heterocycles. The van der Waals surface area contributed by atoms with Crippen LogP contribution in [0.4, 0.5) is 17.5 Å². The summed E-state index contributed by atoms with van der Waals surface area (Å²) in [5, 5.41) is 1.01. The number of halogens is 1. The molecule has 218 valence electrons. The molecule has 10 nitrogen and oxygen atoms in total. The number of pyridine rings is 1. The average Bonchev–Trinajstić information content (AvgIpc) is 3.73. The number of allylic oxidation sites excluding steroid dienone is 1. The van der Waals surface area contributed by atoms with E-state index in [4.69, 9.17) is 33.4 Å². The van der Waals surface area contributed by atoms with Gasteiger partial charge in [0.1, 0.15) is 16.7 Å². The molecule has 1 atom stereocenters. The number of piperidine rings is 1. The number of anilines is 3. The van der Waals surface area contributed by atoms with Gasteiger partial charge in [0.2, 0.25) is 0 Å². The van der Waals surface area contributed by atoms with Crippen LogP contribution in [0.2, 0.25) is 5.02 Å². The van der Waals surface area contributed by atoms with Crippen LogP contribution in [0.15, 0.2) is 69.2 Å². The van der Waals surface area contributed by atoms with Crippen molar-refractivity contribution in [3.05, 3.63) is 65.0 Å². The molecule has 1 spiro atoms. The summed E-state index contributed by atoms with van der Waals surface area (Å²) in [7, 11) is -4.02. The fourth-order valence-corrected chi connectivity index (χ4v) is 6.90. The standard InChI is InChI=1S/C21H26ClN7S.C7H8O3S/c22-16-14(4-8-26-18(16)24)30-20-19(25)28-15(11-27-20)29-9-6-21(7-10-29)5-3-13(17(21)23)12-1-2-12;1-6-2-4-7(5-3-6)11(8,9)10/h3-4,8,11-12,17H,1-2,5-7,9-10,23H2,(H2,24,26)(H2,25,28);2-5H,1H3,(H,8,9,10). The molecule has 7 N–H and O–H groups in total. The van der Waals surface area contributed by atoms with Crippen LogP contribution in [0.25, 0.3) is 0 Å². The van der Waals surface area contributed by atoms with Gasteiger partial charge in [-0.25, -0.2) is 15.0 Å². The molecule has 1 aliphatic heterocycles. The largest absolute Gasteiger partial charge is 0.382 e. The summed E-state index contributed by atoms with van der Waals surface area (Å²) < 4.78 is 29.6. The third-order valence-electron chi connectivity index (χ3n) is 8.05. The molecule has 41 heavy (non-hydrogen) atoms. The Labute approximate surface area is 249 Å². The maximum Gasteiger partial charge on any atom is 0.294 e. The molecule has 3 heterocycles. The number of hydrogen-bond acceptors (Lipinski definition) is 10. The van der Waals surface area contributed by atoms with Crippen molar-refractivity contribution in [3.63, 3.8) is 0 Å². The van der Waals surface area contributed by atoms with Gasteiger partial charge in [-0.2, -0.15) is 8.42 Å². The lowest BCUT2D eigenvalue weighted by Crippen LogP contribution is -2.48. The zero-order valence-corrected chi connectivity index (χ0v) is 25.1. The molecule has 0 bridgehead atoms. The summed E-state index contributed by atoms with van der Waals surface area (Å²) in [5.74, 6) is 2.25. The number of aryl methyl sites for hydroxylation is 1. The van der Waals surface area contributed by atoms with Crippen molar-refractivity contribution < 1.29 is 13.0 Å². The minimum absolute atomic E-state index is 0.0666. The van der Waals surface area contributed by atoms with Gasteiger partial charge in [0.05, 0.1) is 16.1 Å². The first-order chi connectivity index (χ1) is 19.5. The predicted octanol–water partition coefficient (Wildman–Crippen LogP) is 4.74. The van der Waals surface area contributed by atoms with Gasteiger partial charge < -0.3 is 22.1 Å². The topological polar surface area (TPSA) is 174 Å². The second-order valence-electron chi connectivity index (χ2n) is 10.8. The summed E-state index contributed by atoms with van der Waals surface area (Å²) in [6, 6.07) is 8.00. The maximum atomic E-state index is 10.5. The normalized spacial score (nSPS) is 20.0. The van der Waals surface area contributed by atoms with Crippen LogP contribution in [0.5, 0.6) is 0 Å². The summed E-state index contributed by atoms with van der Waals surface area (Å²) >= 11 is 7.58. The number of nitrogen functional groups attached to an aromatic ring is 2. The third-order valence-corrected chi connectivity index (χ3v) is 10.5. The van der Waals surface area contributed by atoms with Gasteiger partial charge in [0.15, 0.2) is 5.82 Å². The number of nitrogens with zero attached hydrogens (tertiary/aromatic N) is 4. The van der Waals surface area contributed by atoms with Crippen LogP contribution in [-0.4, -0.2) is 47.1 Å². The van der Waals surface area contributed by atoms with Crippen molar-refractivity contribution in [2.24, 2.45) is 17.1 Å². The lowest BCUT2D eigenvalue weighted by atomic mass is 9.72. The zero-order valence-electron chi connectivity index (χ0n) is 22.7. The fraction of sp³-hybridized carbons (Fsp3) is 0.393. The smallest absolute Gasteiger partial charge is 0.294 e. The Bertz CT molecular complexity index is 1560. The maximum absolute atomic E-state index is 10.5. The summed E-state index contributed by atoms with van der Waals surface area (Å²) in [4.78, 5) is 16.1. The second-order valence-corrected chi connectivity index (χ2v) is 13.7. The van der Waals surface area contributed by atoms with Crippen LogP contribution in [0.3, 0.4) is 0 Å². The first kappa shape index (κ1) is 29.6. The average molecular weight is 616 g/mol. The van der Waals surface area contributed by atoms with Gasteiger partial charge in [-0.05, 0) is 68.6 Å². The van der Waals surface area contributed by atoms with E-state index in [1.54, 1.807) is 30.6 Å². The summed E-state index contributed by atoms with van der Waals surface area (Å²) in [6.07, 6.45) is 11.7. The highest BCUT2D eigenvalue weighted by atomic mass is 35.5. The van der Waals surface area contributed by atoms with Crippen molar-refractivity contribution in [2.75, 3.05) is 29.5 Å². The van der Waals surface area contributed by atoms with Crippen LogP contribution >= 0.6 is 23.4 Å². The van der Waals surface area contributed by atoms with E-state index >= 15 is 0 Å². The highest BCUT2D eigenvalue weighted by molar-refractivity contribution is 7.99. The lowest BCUT2D eigenvalue weighted by Gasteiger charge is -2.43. The van der Waals surface area contributed by atoms with E-state index in [9.17, 15) is 8.42 Å². The Balaban J connectivity index is 0.000000259. The van der Waals surface area contributed by atoms with Gasteiger partial charge in [0, 0.05) is 30.2 Å². The van der Waals surface area contributed by atoms with E-state index in [-0.39, 0.29) is 22.2 Å². The van der Waals surface area contributed by atoms with Gasteiger partial charge in [-0.15, -0.1) is 0 Å². The first-order valence-corrected chi connectivity index (χ1v) is 16.1. The molecule has 0 amide bonds. The quantitative estimate of drug-likeness (QED) is 0.230. The highest BCUT2D eigenvalue weighted by Crippen LogP contribution is 2.51. The summed E-state index contributed by atoms with van der Waals surface area (Å²) in [6.45, 7) is 3.69. The molecule has 1 unspecified atom stereocenters. The van der Waals surface area contributed by atoms with Crippen molar-refractivity contribution in [2.45, 2.75) is 59.9 Å². The van der Waals surface area contributed by atoms with Crippen LogP contribution in [0, 0.1) is 18.3 Å². The second kappa shape index (κ2) is 11.8.